The van der Waals surface area contributed by atoms with Gasteiger partial charge in [-0.2, -0.15) is 0 Å². The molecule has 2 aromatic carbocycles. The molecule has 104 valence electrons. The van der Waals surface area contributed by atoms with Crippen molar-refractivity contribution in [2.24, 2.45) is 0 Å². The van der Waals surface area contributed by atoms with Crippen molar-refractivity contribution >= 4 is 40.6 Å². The molecular weight excluding hydrogens is 322 g/mol. The van der Waals surface area contributed by atoms with E-state index in [1.165, 1.54) is 18.2 Å². The van der Waals surface area contributed by atoms with Crippen LogP contribution in [0, 0.1) is 5.82 Å². The number of hydrogen-bond donors (Lipinski definition) is 0. The van der Waals surface area contributed by atoms with Crippen molar-refractivity contribution in [1.82, 2.24) is 0 Å². The predicted octanol–water partition coefficient (Wildman–Crippen LogP) is 5.60. The van der Waals surface area contributed by atoms with E-state index < -0.39 is 5.82 Å². The molecule has 0 spiro atoms. The Bertz CT molecular complexity index is 635. The summed E-state index contributed by atoms with van der Waals surface area (Å²) in [5.41, 5.74) is 1.04. The maximum Gasteiger partial charge on any atom is 0.164 e. The van der Waals surface area contributed by atoms with E-state index in [1.807, 2.05) is 0 Å². The van der Waals surface area contributed by atoms with Crippen molar-refractivity contribution in [2.75, 3.05) is 0 Å². The minimum absolute atomic E-state index is 0.141. The molecule has 0 aliphatic carbocycles. The number of hydrogen-bond acceptors (Lipinski definition) is 1. The van der Waals surface area contributed by atoms with Gasteiger partial charge in [0, 0.05) is 22.0 Å². The molecule has 0 amide bonds. The van der Waals surface area contributed by atoms with Gasteiger partial charge in [-0.1, -0.05) is 34.8 Å². The highest BCUT2D eigenvalue weighted by Crippen LogP contribution is 2.23. The highest BCUT2D eigenvalue weighted by molar-refractivity contribution is 6.35. The number of aryl methyl sites for hydroxylation is 1. The Kier molecular flexibility index (Phi) is 5.03. The second kappa shape index (κ2) is 6.57. The molecule has 0 N–H and O–H groups in total. The molecule has 0 aliphatic rings. The minimum Gasteiger partial charge on any atom is -0.294 e. The first-order valence-electron chi connectivity index (χ1n) is 5.89. The van der Waals surface area contributed by atoms with E-state index in [1.54, 1.807) is 18.2 Å². The van der Waals surface area contributed by atoms with Crippen molar-refractivity contribution in [3.8, 4) is 0 Å². The molecule has 0 radical (unpaired) electrons. The Balaban J connectivity index is 2.10. The molecule has 0 fully saturated rings. The molecule has 0 saturated heterocycles. The molecule has 2 aromatic rings. The highest BCUT2D eigenvalue weighted by atomic mass is 35.5. The fraction of sp³-hybridized carbons (Fsp3) is 0.133. The average Bonchev–Trinajstić information content (AvgIpc) is 2.38. The van der Waals surface area contributed by atoms with Crippen molar-refractivity contribution in [2.45, 2.75) is 12.8 Å². The zero-order valence-corrected chi connectivity index (χ0v) is 12.6. The largest absolute Gasteiger partial charge is 0.294 e. The van der Waals surface area contributed by atoms with Crippen LogP contribution in [0.2, 0.25) is 15.1 Å². The lowest BCUT2D eigenvalue weighted by Crippen LogP contribution is -2.02. The molecule has 0 heterocycles. The first kappa shape index (κ1) is 15.3. The smallest absolute Gasteiger partial charge is 0.164 e. The van der Waals surface area contributed by atoms with Gasteiger partial charge in [-0.3, -0.25) is 4.79 Å². The van der Waals surface area contributed by atoms with Gasteiger partial charge in [0.1, 0.15) is 5.82 Å². The second-order valence-corrected chi connectivity index (χ2v) is 5.61. The summed E-state index contributed by atoms with van der Waals surface area (Å²) in [7, 11) is 0. The number of rotatable bonds is 4. The maximum atomic E-state index is 13.2. The standard InChI is InChI=1S/C15H10Cl3FO/c16-10-2-3-14(18)13(8-10)15(20)4-1-9-5-11(17)7-12(19)6-9/h2-3,5-8H,1,4H2. The van der Waals surface area contributed by atoms with Crippen LogP contribution in [-0.2, 0) is 6.42 Å². The molecule has 1 nitrogen and oxygen atoms in total. The summed E-state index contributed by atoms with van der Waals surface area (Å²) in [6.45, 7) is 0. The van der Waals surface area contributed by atoms with E-state index in [9.17, 15) is 9.18 Å². The van der Waals surface area contributed by atoms with E-state index in [0.717, 1.165) is 0 Å². The molecule has 0 bridgehead atoms. The summed E-state index contributed by atoms with van der Waals surface area (Å²) in [4.78, 5) is 12.1. The quantitative estimate of drug-likeness (QED) is 0.666. The Morgan fingerprint density at radius 3 is 2.45 bits per heavy atom. The van der Waals surface area contributed by atoms with Crippen molar-refractivity contribution in [3.63, 3.8) is 0 Å². The molecule has 0 saturated carbocycles. The molecule has 5 heteroatoms. The fourth-order valence-corrected chi connectivity index (χ4v) is 2.50. The van der Waals surface area contributed by atoms with E-state index in [4.69, 9.17) is 34.8 Å². The Morgan fingerprint density at radius 1 is 1.00 bits per heavy atom. The minimum atomic E-state index is -0.416. The van der Waals surface area contributed by atoms with Gasteiger partial charge in [0.25, 0.3) is 0 Å². The third-order valence-corrected chi connectivity index (χ3v) is 3.57. The van der Waals surface area contributed by atoms with Crippen LogP contribution in [-0.4, -0.2) is 5.78 Å². The number of carbonyl (C=O) groups is 1. The molecule has 0 unspecified atom stereocenters. The highest BCUT2D eigenvalue weighted by Gasteiger charge is 2.11. The predicted molar refractivity (Wildman–Crippen MR) is 80.5 cm³/mol. The van der Waals surface area contributed by atoms with E-state index in [0.29, 0.717) is 32.6 Å². The van der Waals surface area contributed by atoms with Gasteiger partial charge in [-0.25, -0.2) is 4.39 Å². The summed E-state index contributed by atoms with van der Waals surface area (Å²) in [5.74, 6) is -0.557. The number of ketones is 1. The topological polar surface area (TPSA) is 17.1 Å². The van der Waals surface area contributed by atoms with E-state index in [-0.39, 0.29) is 12.2 Å². The number of Topliss-reactive ketones (excluding diaryl/α,β-unsaturated/α-hetero) is 1. The summed E-state index contributed by atoms with van der Waals surface area (Å²) in [6.07, 6.45) is 0.596. The van der Waals surface area contributed by atoms with Crippen LogP contribution in [0.15, 0.2) is 36.4 Å². The van der Waals surface area contributed by atoms with Gasteiger partial charge in [0.05, 0.1) is 5.02 Å². The Hall–Kier alpha value is -1.09. The van der Waals surface area contributed by atoms with Crippen LogP contribution >= 0.6 is 34.8 Å². The summed E-state index contributed by atoms with van der Waals surface area (Å²) >= 11 is 17.6. The Morgan fingerprint density at radius 2 is 1.75 bits per heavy atom. The van der Waals surface area contributed by atoms with Gasteiger partial charge < -0.3 is 0 Å². The number of carbonyl (C=O) groups excluding carboxylic acids is 1. The zero-order valence-electron chi connectivity index (χ0n) is 10.3. The second-order valence-electron chi connectivity index (χ2n) is 4.33. The van der Waals surface area contributed by atoms with Gasteiger partial charge in [0.15, 0.2) is 5.78 Å². The van der Waals surface area contributed by atoms with Crippen LogP contribution in [0.1, 0.15) is 22.3 Å². The third kappa shape index (κ3) is 3.95. The summed E-state index contributed by atoms with van der Waals surface area (Å²) < 4.78 is 13.2. The van der Waals surface area contributed by atoms with E-state index >= 15 is 0 Å². The van der Waals surface area contributed by atoms with Crippen molar-refractivity contribution in [1.29, 1.82) is 0 Å². The fourth-order valence-electron chi connectivity index (χ4n) is 1.86. The first-order chi connectivity index (χ1) is 9.45. The van der Waals surface area contributed by atoms with Crippen LogP contribution in [0.3, 0.4) is 0 Å². The lowest BCUT2D eigenvalue weighted by molar-refractivity contribution is 0.0983. The van der Waals surface area contributed by atoms with Crippen molar-refractivity contribution in [3.05, 3.63) is 68.4 Å². The maximum absolute atomic E-state index is 13.2. The molecule has 0 aliphatic heterocycles. The van der Waals surface area contributed by atoms with Gasteiger partial charge in [0.2, 0.25) is 0 Å². The lowest BCUT2D eigenvalue weighted by atomic mass is 10.0. The van der Waals surface area contributed by atoms with E-state index in [2.05, 4.69) is 0 Å². The van der Waals surface area contributed by atoms with Crippen LogP contribution in [0.5, 0.6) is 0 Å². The molecule has 2 rings (SSSR count). The first-order valence-corrected chi connectivity index (χ1v) is 7.02. The van der Waals surface area contributed by atoms with Crippen LogP contribution < -0.4 is 0 Å². The normalized spacial score (nSPS) is 10.6. The van der Waals surface area contributed by atoms with Crippen LogP contribution in [0.25, 0.3) is 0 Å². The Labute approximate surface area is 131 Å². The number of halogens is 4. The van der Waals surface area contributed by atoms with Gasteiger partial charge in [-0.05, 0) is 48.4 Å². The van der Waals surface area contributed by atoms with Gasteiger partial charge in [-0.15, -0.1) is 0 Å². The molecule has 0 atom stereocenters. The van der Waals surface area contributed by atoms with Crippen LogP contribution in [0.4, 0.5) is 4.39 Å². The summed E-state index contributed by atoms with van der Waals surface area (Å²) in [6, 6.07) is 8.95. The molecule has 0 aromatic heterocycles. The van der Waals surface area contributed by atoms with Crippen molar-refractivity contribution < 1.29 is 9.18 Å². The lowest BCUT2D eigenvalue weighted by Gasteiger charge is -2.05. The average molecular weight is 332 g/mol. The van der Waals surface area contributed by atoms with Gasteiger partial charge >= 0.3 is 0 Å². The monoisotopic (exact) mass is 330 g/mol. The SMILES string of the molecule is O=C(CCc1cc(F)cc(Cl)c1)c1cc(Cl)ccc1Cl. The summed E-state index contributed by atoms with van der Waals surface area (Å²) in [5, 5.41) is 1.12. The number of benzene rings is 2. The molecular formula is C15H10Cl3FO. The zero-order chi connectivity index (χ0) is 14.7. The molecule has 20 heavy (non-hydrogen) atoms. The third-order valence-electron chi connectivity index (χ3n) is 2.79.